The number of nitrogens with zero attached hydrogens (tertiary/aromatic N) is 3. The molecule has 1 fully saturated rings. The molecule has 2 aromatic heterocycles. The second kappa shape index (κ2) is 16.3. The number of aromatic nitrogens is 3. The van der Waals surface area contributed by atoms with Crippen LogP contribution < -0.4 is 31.6 Å². The van der Waals surface area contributed by atoms with E-state index >= 15 is 4.39 Å². The van der Waals surface area contributed by atoms with Crippen molar-refractivity contribution in [2.24, 2.45) is 0 Å². The van der Waals surface area contributed by atoms with E-state index in [0.29, 0.717) is 32.1 Å². The molecule has 1 aromatic carbocycles. The van der Waals surface area contributed by atoms with E-state index in [0.717, 1.165) is 26.3 Å². The van der Waals surface area contributed by atoms with E-state index in [9.17, 15) is 17.6 Å². The molecule has 3 unspecified atom stereocenters. The minimum absolute atomic E-state index is 0.0988. The summed E-state index contributed by atoms with van der Waals surface area (Å²) in [5, 5.41) is 6.24. The molecule has 0 bridgehead atoms. The molecule has 1 saturated heterocycles. The molecule has 0 spiro atoms. The van der Waals surface area contributed by atoms with Crippen LogP contribution in [-0.2, 0) is 10.9 Å². The minimum atomic E-state index is -5.06. The van der Waals surface area contributed by atoms with Crippen LogP contribution in [0.15, 0.2) is 6.07 Å². The number of hydrogen-bond donors (Lipinski definition) is 4. The lowest BCUT2D eigenvalue weighted by Crippen LogP contribution is -2.45. The summed E-state index contributed by atoms with van der Waals surface area (Å²) in [7, 11) is 1.85. The number of fused-ring (bicyclic) bond motifs is 1. The van der Waals surface area contributed by atoms with Gasteiger partial charge in [-0.25, -0.2) is 13.8 Å². The molecule has 4 rings (SSSR count). The highest BCUT2D eigenvalue weighted by molar-refractivity contribution is 5.96. The van der Waals surface area contributed by atoms with Gasteiger partial charge in [0.1, 0.15) is 28.2 Å². The van der Waals surface area contributed by atoms with Gasteiger partial charge in [-0.2, -0.15) is 23.1 Å². The first kappa shape index (κ1) is 36.9. The Kier molecular flexibility index (Phi) is 13.1. The third kappa shape index (κ3) is 8.62. The molecule has 46 heavy (non-hydrogen) atoms. The number of hydrogen-bond acceptors (Lipinski definition) is 10. The van der Waals surface area contributed by atoms with Gasteiger partial charge in [-0.15, -0.1) is 0 Å². The molecular weight excluding hydrogens is 613 g/mol. The molecule has 256 valence electrons. The third-order valence-corrected chi connectivity index (χ3v) is 7.56. The fourth-order valence-corrected chi connectivity index (χ4v) is 4.99. The van der Waals surface area contributed by atoms with E-state index in [1.54, 1.807) is 6.92 Å². The second-order valence-corrected chi connectivity index (χ2v) is 10.8. The number of benzene rings is 1. The lowest BCUT2D eigenvalue weighted by atomic mass is 9.96. The van der Waals surface area contributed by atoms with E-state index in [4.69, 9.17) is 25.7 Å². The summed E-state index contributed by atoms with van der Waals surface area (Å²) in [6.45, 7) is 10.5. The molecule has 10 nitrogen and oxygen atoms in total. The zero-order valence-electron chi connectivity index (χ0n) is 27.1. The number of alkyl halides is 3. The maximum absolute atomic E-state index is 16.2. The molecule has 3 aromatic rings. The lowest BCUT2D eigenvalue weighted by molar-refractivity contribution is -0.137. The van der Waals surface area contributed by atoms with E-state index < -0.39 is 57.5 Å². The van der Waals surface area contributed by atoms with Gasteiger partial charge in [-0.3, -0.25) is 0 Å². The summed E-state index contributed by atoms with van der Waals surface area (Å²) in [5.41, 5.74) is 7.05. The Labute approximate surface area is 265 Å². The minimum Gasteiger partial charge on any atom is -0.474 e. The molecule has 15 heteroatoms. The van der Waals surface area contributed by atoms with Crippen molar-refractivity contribution in [3.05, 3.63) is 28.8 Å². The van der Waals surface area contributed by atoms with Crippen LogP contribution in [0, 0.1) is 18.6 Å². The molecule has 0 amide bonds. The molecule has 3 atom stereocenters. The highest BCUT2D eigenvalue weighted by Gasteiger charge is 2.39. The highest BCUT2D eigenvalue weighted by atomic mass is 19.4. The second-order valence-electron chi connectivity index (χ2n) is 10.8. The maximum Gasteiger partial charge on any atom is 0.417 e. The van der Waals surface area contributed by atoms with E-state index in [2.05, 4.69) is 25.6 Å². The van der Waals surface area contributed by atoms with E-state index in [1.807, 2.05) is 27.8 Å². The van der Waals surface area contributed by atoms with Gasteiger partial charge >= 0.3 is 12.2 Å². The summed E-state index contributed by atoms with van der Waals surface area (Å²) in [6.07, 6.45) is -2.73. The van der Waals surface area contributed by atoms with Gasteiger partial charge in [0.15, 0.2) is 5.82 Å². The summed E-state index contributed by atoms with van der Waals surface area (Å²) >= 11 is 0. The summed E-state index contributed by atoms with van der Waals surface area (Å²) < 4.78 is 90.6. The van der Waals surface area contributed by atoms with Gasteiger partial charge in [0, 0.05) is 30.7 Å². The van der Waals surface area contributed by atoms with Crippen LogP contribution in [0.5, 0.6) is 11.9 Å². The third-order valence-electron chi connectivity index (χ3n) is 7.56. The van der Waals surface area contributed by atoms with Crippen molar-refractivity contribution < 1.29 is 36.2 Å². The van der Waals surface area contributed by atoms with Crippen molar-refractivity contribution in [2.45, 2.75) is 84.7 Å². The molecule has 0 aliphatic carbocycles. The lowest BCUT2D eigenvalue weighted by Gasteiger charge is -2.30. The van der Waals surface area contributed by atoms with Crippen molar-refractivity contribution in [3.8, 4) is 23.1 Å². The monoisotopic (exact) mass is 657 g/mol. The molecule has 6 N–H and O–H groups in total. The van der Waals surface area contributed by atoms with Gasteiger partial charge in [-0.1, -0.05) is 20.8 Å². The zero-order valence-corrected chi connectivity index (χ0v) is 27.1. The number of nitrogens with two attached hydrogens (primary N) is 2. The van der Waals surface area contributed by atoms with E-state index in [-0.39, 0.29) is 41.8 Å². The Morgan fingerprint density at radius 2 is 1.80 bits per heavy atom. The number of halogens is 5. The van der Waals surface area contributed by atoms with Crippen LogP contribution in [0.2, 0.25) is 0 Å². The quantitative estimate of drug-likeness (QED) is 0.0956. The van der Waals surface area contributed by atoms with Crippen molar-refractivity contribution in [1.82, 2.24) is 25.6 Å². The fourth-order valence-electron chi connectivity index (χ4n) is 4.99. The predicted octanol–water partition coefficient (Wildman–Crippen LogP) is 5.79. The zero-order chi connectivity index (χ0) is 34.2. The average Bonchev–Trinajstić information content (AvgIpc) is 2.99. The van der Waals surface area contributed by atoms with Crippen molar-refractivity contribution in [3.63, 3.8) is 0 Å². The SMILES string of the molecule is CC.CCC(COCCCOc1nc(N)c2c(OC(C)CC3CCN3)nc(-c3cc(N)c(F)c(C)c3C(F)(F)F)c(F)c2n1)NC. The number of nitrogen functional groups attached to an aromatic ring is 2. The summed E-state index contributed by atoms with van der Waals surface area (Å²) in [6, 6.07) is 0.799. The largest absolute Gasteiger partial charge is 0.474 e. The number of nitrogens with one attached hydrogen (secondary N) is 2. The Morgan fingerprint density at radius 1 is 1.11 bits per heavy atom. The van der Waals surface area contributed by atoms with Crippen molar-refractivity contribution in [2.75, 3.05) is 44.9 Å². The van der Waals surface area contributed by atoms with Crippen LogP contribution in [0.25, 0.3) is 22.2 Å². The first-order valence-electron chi connectivity index (χ1n) is 15.5. The maximum atomic E-state index is 16.2. The molecule has 0 radical (unpaired) electrons. The van der Waals surface area contributed by atoms with Gasteiger partial charge in [0.2, 0.25) is 5.88 Å². The first-order valence-corrected chi connectivity index (χ1v) is 15.5. The van der Waals surface area contributed by atoms with Crippen LogP contribution in [-0.4, -0.2) is 66.6 Å². The number of rotatable bonds is 14. The summed E-state index contributed by atoms with van der Waals surface area (Å²) in [5.74, 6) is -3.03. The summed E-state index contributed by atoms with van der Waals surface area (Å²) in [4.78, 5) is 12.4. The molecular formula is C31H44F5N7O3. The van der Waals surface area contributed by atoms with Crippen molar-refractivity contribution in [1.29, 1.82) is 0 Å². The van der Waals surface area contributed by atoms with Crippen LogP contribution in [0.4, 0.5) is 33.5 Å². The Bertz CT molecular complexity index is 1470. The predicted molar refractivity (Wildman–Crippen MR) is 168 cm³/mol. The van der Waals surface area contributed by atoms with Gasteiger partial charge in [-0.05, 0) is 58.3 Å². The van der Waals surface area contributed by atoms with Crippen LogP contribution in [0.3, 0.4) is 0 Å². The fraction of sp³-hybridized carbons (Fsp3) is 0.581. The first-order chi connectivity index (χ1) is 21.8. The Balaban J connectivity index is 0.00000282. The molecule has 1 aliphatic heterocycles. The number of ether oxygens (including phenoxy) is 3. The normalized spacial score (nSPS) is 15.9. The number of pyridine rings is 1. The highest BCUT2D eigenvalue weighted by Crippen LogP contribution is 2.44. The Hall–Kier alpha value is -3.56. The Morgan fingerprint density at radius 3 is 2.39 bits per heavy atom. The molecule has 1 aliphatic rings. The molecule has 3 heterocycles. The topological polar surface area (TPSA) is 142 Å². The van der Waals surface area contributed by atoms with Crippen LogP contribution >= 0.6 is 0 Å². The van der Waals surface area contributed by atoms with Gasteiger partial charge < -0.3 is 36.3 Å². The van der Waals surface area contributed by atoms with Crippen molar-refractivity contribution >= 4 is 22.4 Å². The average molecular weight is 658 g/mol. The molecule has 0 saturated carbocycles. The smallest absolute Gasteiger partial charge is 0.417 e. The van der Waals surface area contributed by atoms with Crippen LogP contribution in [0.1, 0.15) is 64.5 Å². The van der Waals surface area contributed by atoms with Gasteiger partial charge in [0.25, 0.3) is 0 Å². The van der Waals surface area contributed by atoms with E-state index in [1.165, 1.54) is 0 Å². The standard InChI is InChI=1S/C29H38F5N7O3.C2H6/c1-5-16(37-4)13-42-9-6-10-43-28-40-25-20(26(36)41-28)27(44-14(2)11-17-7-8-38-17)39-24(23(25)31)18-12-19(35)22(30)15(3)21(18)29(32,33)34;1-2/h12,14,16-17,37-38H,5-11,13,35H2,1-4H3,(H2,36,40,41);1-2H3. The number of likely N-dealkylation sites (N-methyl/N-ethyl adjacent to an activating group) is 1. The van der Waals surface area contributed by atoms with Gasteiger partial charge in [0.05, 0.1) is 30.6 Å². The number of anilines is 2.